The van der Waals surface area contributed by atoms with E-state index in [9.17, 15) is 18.3 Å². The average Bonchev–Trinajstić information content (AvgIpc) is 2.53. The van der Waals surface area contributed by atoms with Crippen molar-refractivity contribution in [2.24, 2.45) is 10.2 Å². The maximum Gasteiger partial charge on any atom is 0.338 e. The van der Waals surface area contributed by atoms with Gasteiger partial charge in [-0.3, -0.25) is 0 Å². The Morgan fingerprint density at radius 1 is 1.12 bits per heavy atom. The SMILES string of the molecule is CNS(=O)(=O)c1ccc(N=Nc2c(N)cc(N)cc2C(=O)O)cc1. The van der Waals surface area contributed by atoms with Gasteiger partial charge in [0.15, 0.2) is 0 Å². The van der Waals surface area contributed by atoms with Gasteiger partial charge in [-0.1, -0.05) is 0 Å². The third kappa shape index (κ3) is 3.67. The topological polar surface area (TPSA) is 160 Å². The molecular formula is C14H15N5O4S. The number of hydrogen-bond donors (Lipinski definition) is 4. The molecule has 0 radical (unpaired) electrons. The predicted octanol–water partition coefficient (Wildman–Crippen LogP) is 1.87. The molecule has 0 aliphatic carbocycles. The summed E-state index contributed by atoms with van der Waals surface area (Å²) in [6, 6.07) is 8.18. The molecule has 10 heteroatoms. The van der Waals surface area contributed by atoms with Crippen molar-refractivity contribution in [3.05, 3.63) is 42.0 Å². The Balaban J connectivity index is 2.37. The molecule has 0 aromatic heterocycles. The number of carboxylic acids is 1. The Labute approximate surface area is 138 Å². The molecular weight excluding hydrogens is 334 g/mol. The first kappa shape index (κ1) is 17.4. The van der Waals surface area contributed by atoms with Gasteiger partial charge in [-0.05, 0) is 43.4 Å². The normalized spacial score (nSPS) is 11.7. The van der Waals surface area contributed by atoms with Gasteiger partial charge in [-0.2, -0.15) is 5.11 Å². The highest BCUT2D eigenvalue weighted by Gasteiger charge is 2.14. The Hall–Kier alpha value is -2.98. The Morgan fingerprint density at radius 2 is 1.75 bits per heavy atom. The smallest absolute Gasteiger partial charge is 0.338 e. The van der Waals surface area contributed by atoms with E-state index in [2.05, 4.69) is 15.0 Å². The zero-order valence-electron chi connectivity index (χ0n) is 12.6. The molecule has 2 aromatic rings. The fourth-order valence-electron chi connectivity index (χ4n) is 1.87. The number of carbonyl (C=O) groups is 1. The number of nitrogens with zero attached hydrogens (tertiary/aromatic N) is 2. The minimum Gasteiger partial charge on any atom is -0.478 e. The molecule has 6 N–H and O–H groups in total. The second-order valence-electron chi connectivity index (χ2n) is 4.71. The summed E-state index contributed by atoms with van der Waals surface area (Å²) in [4.78, 5) is 11.3. The van der Waals surface area contributed by atoms with E-state index in [1.807, 2.05) is 0 Å². The number of carboxylic acid groups (broad SMARTS) is 1. The lowest BCUT2D eigenvalue weighted by molar-refractivity contribution is 0.0698. The summed E-state index contributed by atoms with van der Waals surface area (Å²) in [6.45, 7) is 0. The zero-order valence-corrected chi connectivity index (χ0v) is 13.4. The van der Waals surface area contributed by atoms with Crippen LogP contribution in [-0.4, -0.2) is 26.5 Å². The maximum absolute atomic E-state index is 11.6. The maximum atomic E-state index is 11.6. The minimum atomic E-state index is -3.55. The van der Waals surface area contributed by atoms with E-state index < -0.39 is 16.0 Å². The fourth-order valence-corrected chi connectivity index (χ4v) is 2.60. The van der Waals surface area contributed by atoms with Gasteiger partial charge < -0.3 is 16.6 Å². The van der Waals surface area contributed by atoms with Crippen LogP contribution < -0.4 is 16.2 Å². The lowest BCUT2D eigenvalue weighted by Crippen LogP contribution is -2.18. The summed E-state index contributed by atoms with van der Waals surface area (Å²) in [5.74, 6) is -1.24. The molecule has 0 atom stereocenters. The molecule has 0 aliphatic heterocycles. The van der Waals surface area contributed by atoms with Crippen LogP contribution in [0.15, 0.2) is 51.5 Å². The van der Waals surface area contributed by atoms with E-state index in [4.69, 9.17) is 11.5 Å². The second kappa shape index (κ2) is 6.64. The zero-order chi connectivity index (χ0) is 17.9. The van der Waals surface area contributed by atoms with Gasteiger partial charge in [0.2, 0.25) is 10.0 Å². The average molecular weight is 349 g/mol. The molecule has 0 amide bonds. The molecule has 0 aliphatic rings. The van der Waals surface area contributed by atoms with Crippen LogP contribution in [0.5, 0.6) is 0 Å². The van der Waals surface area contributed by atoms with Crippen molar-refractivity contribution in [1.29, 1.82) is 0 Å². The Kier molecular flexibility index (Phi) is 4.81. The van der Waals surface area contributed by atoms with E-state index >= 15 is 0 Å². The van der Waals surface area contributed by atoms with Crippen LogP contribution in [0.2, 0.25) is 0 Å². The summed E-state index contributed by atoms with van der Waals surface area (Å²) in [5, 5.41) is 16.9. The molecule has 0 spiro atoms. The number of rotatable bonds is 5. The number of benzene rings is 2. The molecule has 9 nitrogen and oxygen atoms in total. The fraction of sp³-hybridized carbons (Fsp3) is 0.0714. The highest BCUT2D eigenvalue weighted by Crippen LogP contribution is 2.31. The molecule has 0 fully saturated rings. The first-order valence-corrected chi connectivity index (χ1v) is 8.10. The number of azo groups is 1. The van der Waals surface area contributed by atoms with Gasteiger partial charge in [-0.15, -0.1) is 5.11 Å². The molecule has 0 heterocycles. The van der Waals surface area contributed by atoms with E-state index in [0.717, 1.165) is 0 Å². The summed E-state index contributed by atoms with van der Waals surface area (Å²) in [7, 11) is -2.24. The van der Waals surface area contributed by atoms with Crippen LogP contribution in [0.25, 0.3) is 0 Å². The summed E-state index contributed by atoms with van der Waals surface area (Å²) in [5.41, 5.74) is 11.7. The molecule has 2 rings (SSSR count). The third-order valence-corrected chi connectivity index (χ3v) is 4.50. The van der Waals surface area contributed by atoms with Crippen LogP contribution in [0.4, 0.5) is 22.7 Å². The predicted molar refractivity (Wildman–Crippen MR) is 89.1 cm³/mol. The summed E-state index contributed by atoms with van der Waals surface area (Å²) in [6.07, 6.45) is 0. The van der Waals surface area contributed by atoms with Crippen LogP contribution in [0.3, 0.4) is 0 Å². The highest BCUT2D eigenvalue weighted by atomic mass is 32.2. The van der Waals surface area contributed by atoms with Crippen molar-refractivity contribution in [1.82, 2.24) is 4.72 Å². The van der Waals surface area contributed by atoms with E-state index in [-0.39, 0.29) is 27.5 Å². The molecule has 0 saturated carbocycles. The van der Waals surface area contributed by atoms with E-state index in [1.165, 1.54) is 43.4 Å². The number of aromatic carboxylic acids is 1. The summed E-state index contributed by atoms with van der Waals surface area (Å²) < 4.78 is 25.5. The lowest BCUT2D eigenvalue weighted by atomic mass is 10.1. The Morgan fingerprint density at radius 3 is 2.29 bits per heavy atom. The summed E-state index contributed by atoms with van der Waals surface area (Å²) >= 11 is 0. The number of nitrogens with one attached hydrogen (secondary N) is 1. The Bertz CT molecular complexity index is 908. The van der Waals surface area contributed by atoms with Gasteiger partial charge in [0.1, 0.15) is 5.69 Å². The molecule has 0 saturated heterocycles. The van der Waals surface area contributed by atoms with Crippen molar-refractivity contribution in [3.63, 3.8) is 0 Å². The number of sulfonamides is 1. The standard InChI is InChI=1S/C14H15N5O4S/c1-17-24(22,23)10-4-2-9(3-5-10)18-19-13-11(14(20)21)6-8(15)7-12(13)16/h2-7,17H,15-16H2,1H3,(H,20,21). The van der Waals surface area contributed by atoms with Crippen LogP contribution in [0.1, 0.15) is 10.4 Å². The van der Waals surface area contributed by atoms with Gasteiger partial charge in [0.25, 0.3) is 0 Å². The van der Waals surface area contributed by atoms with Gasteiger partial charge in [0, 0.05) is 5.69 Å². The second-order valence-corrected chi connectivity index (χ2v) is 6.60. The van der Waals surface area contributed by atoms with Crippen molar-refractivity contribution in [3.8, 4) is 0 Å². The molecule has 0 bridgehead atoms. The largest absolute Gasteiger partial charge is 0.478 e. The number of anilines is 2. The lowest BCUT2D eigenvalue weighted by Gasteiger charge is -2.05. The number of nitrogens with two attached hydrogens (primary N) is 2. The van der Waals surface area contributed by atoms with Gasteiger partial charge in [-0.25, -0.2) is 17.9 Å². The van der Waals surface area contributed by atoms with Crippen molar-refractivity contribution < 1.29 is 18.3 Å². The van der Waals surface area contributed by atoms with E-state index in [1.54, 1.807) is 0 Å². The quantitative estimate of drug-likeness (QED) is 0.476. The molecule has 0 unspecified atom stereocenters. The first-order chi connectivity index (χ1) is 11.2. The van der Waals surface area contributed by atoms with Gasteiger partial charge >= 0.3 is 5.97 Å². The molecule has 2 aromatic carbocycles. The number of hydrogen-bond acceptors (Lipinski definition) is 7. The molecule has 126 valence electrons. The highest BCUT2D eigenvalue weighted by molar-refractivity contribution is 7.89. The first-order valence-electron chi connectivity index (χ1n) is 6.62. The monoisotopic (exact) mass is 349 g/mol. The molecule has 24 heavy (non-hydrogen) atoms. The number of nitrogen functional groups attached to an aromatic ring is 2. The van der Waals surface area contributed by atoms with Crippen LogP contribution in [-0.2, 0) is 10.0 Å². The van der Waals surface area contributed by atoms with Crippen LogP contribution >= 0.6 is 0 Å². The van der Waals surface area contributed by atoms with E-state index in [0.29, 0.717) is 5.69 Å². The minimum absolute atomic E-state index is 0.0244. The third-order valence-electron chi connectivity index (χ3n) is 3.07. The van der Waals surface area contributed by atoms with Gasteiger partial charge in [0.05, 0.1) is 21.8 Å². The van der Waals surface area contributed by atoms with Crippen LogP contribution in [0, 0.1) is 0 Å². The van der Waals surface area contributed by atoms with Crippen molar-refractivity contribution >= 4 is 38.7 Å². The van der Waals surface area contributed by atoms with Crippen molar-refractivity contribution in [2.45, 2.75) is 4.90 Å². The van der Waals surface area contributed by atoms with Crippen molar-refractivity contribution in [2.75, 3.05) is 18.5 Å².